The van der Waals surface area contributed by atoms with Crippen LogP contribution in [0, 0.1) is 0 Å². The Morgan fingerprint density at radius 1 is 1.00 bits per heavy atom. The molecule has 3 aromatic rings. The van der Waals surface area contributed by atoms with E-state index >= 15 is 0 Å². The maximum Gasteiger partial charge on any atom is 0.258 e. The summed E-state index contributed by atoms with van der Waals surface area (Å²) in [6.07, 6.45) is 6.68. The Balaban J connectivity index is 1.83. The fraction of sp³-hybridized carbons (Fsp3) is 0.429. The highest BCUT2D eigenvalue weighted by Crippen LogP contribution is 2.43. The monoisotopic (exact) mass is 446 g/mol. The molecule has 4 rings (SSSR count). The number of hydrogen-bond acceptors (Lipinski definition) is 3. The third-order valence-corrected chi connectivity index (χ3v) is 7.85. The molecule has 0 saturated heterocycles. The molecule has 4 heteroatoms. The fourth-order valence-corrected chi connectivity index (χ4v) is 5.69. The SMILES string of the molecule is CCCCCCSc1nc2c(c(=O)n1Cc1ccccc1)[C@](C)(CC)Cc1ccccc1-2. The van der Waals surface area contributed by atoms with Crippen LogP contribution in [-0.2, 0) is 18.4 Å². The minimum Gasteiger partial charge on any atom is -0.283 e. The van der Waals surface area contributed by atoms with Crippen molar-refractivity contribution >= 4 is 11.8 Å². The molecule has 1 aromatic heterocycles. The van der Waals surface area contributed by atoms with Crippen molar-refractivity contribution in [2.24, 2.45) is 0 Å². The summed E-state index contributed by atoms with van der Waals surface area (Å²) in [4.78, 5) is 19.3. The molecule has 0 spiro atoms. The fourth-order valence-electron chi connectivity index (χ4n) is 4.70. The summed E-state index contributed by atoms with van der Waals surface area (Å²) in [5, 5.41) is 0.851. The lowest BCUT2D eigenvalue weighted by molar-refractivity contribution is 0.430. The predicted octanol–water partition coefficient (Wildman–Crippen LogP) is 6.85. The van der Waals surface area contributed by atoms with Gasteiger partial charge in [0.15, 0.2) is 5.16 Å². The Kier molecular flexibility index (Phi) is 7.20. The van der Waals surface area contributed by atoms with Crippen LogP contribution < -0.4 is 5.56 Å². The van der Waals surface area contributed by atoms with Crippen LogP contribution in [-0.4, -0.2) is 15.3 Å². The molecule has 1 aliphatic carbocycles. The van der Waals surface area contributed by atoms with Gasteiger partial charge in [-0.1, -0.05) is 106 Å². The number of hydrogen-bond donors (Lipinski definition) is 0. The van der Waals surface area contributed by atoms with Gasteiger partial charge in [-0.3, -0.25) is 9.36 Å². The molecule has 32 heavy (non-hydrogen) atoms. The van der Waals surface area contributed by atoms with E-state index < -0.39 is 0 Å². The zero-order chi connectivity index (χ0) is 22.6. The molecule has 0 fully saturated rings. The van der Waals surface area contributed by atoms with Crippen molar-refractivity contribution in [1.29, 1.82) is 0 Å². The number of aromatic nitrogens is 2. The van der Waals surface area contributed by atoms with Gasteiger partial charge < -0.3 is 0 Å². The molecule has 3 nitrogen and oxygen atoms in total. The zero-order valence-electron chi connectivity index (χ0n) is 19.6. The molecular formula is C28H34N2OS. The normalized spacial score (nSPS) is 17.1. The smallest absolute Gasteiger partial charge is 0.258 e. The van der Waals surface area contributed by atoms with E-state index in [4.69, 9.17) is 4.98 Å². The molecule has 1 aliphatic rings. The quantitative estimate of drug-likeness (QED) is 0.205. The van der Waals surface area contributed by atoms with Gasteiger partial charge in [0.05, 0.1) is 17.8 Å². The number of thioether (sulfide) groups is 1. The van der Waals surface area contributed by atoms with Gasteiger partial charge in [-0.05, 0) is 30.4 Å². The Morgan fingerprint density at radius 3 is 2.50 bits per heavy atom. The molecule has 0 bridgehead atoms. The van der Waals surface area contributed by atoms with Gasteiger partial charge in [0.2, 0.25) is 0 Å². The first-order chi connectivity index (χ1) is 15.6. The molecule has 0 radical (unpaired) electrons. The van der Waals surface area contributed by atoms with Crippen LogP contribution in [0.3, 0.4) is 0 Å². The molecule has 2 aromatic carbocycles. The maximum atomic E-state index is 14.1. The summed E-state index contributed by atoms with van der Waals surface area (Å²) in [5.74, 6) is 0.993. The van der Waals surface area contributed by atoms with E-state index in [1.807, 2.05) is 22.8 Å². The Hall–Kier alpha value is -2.33. The largest absolute Gasteiger partial charge is 0.283 e. The maximum absolute atomic E-state index is 14.1. The summed E-state index contributed by atoms with van der Waals surface area (Å²) in [5.41, 5.74) is 5.30. The van der Waals surface area contributed by atoms with Gasteiger partial charge in [0, 0.05) is 16.7 Å². The van der Waals surface area contributed by atoms with Crippen molar-refractivity contribution in [3.05, 3.63) is 81.6 Å². The van der Waals surface area contributed by atoms with Crippen molar-refractivity contribution in [2.75, 3.05) is 5.75 Å². The minimum atomic E-state index is -0.198. The van der Waals surface area contributed by atoms with E-state index in [1.165, 1.54) is 24.8 Å². The molecule has 0 amide bonds. The summed E-state index contributed by atoms with van der Waals surface area (Å²) in [6, 6.07) is 18.8. The summed E-state index contributed by atoms with van der Waals surface area (Å²) < 4.78 is 1.93. The van der Waals surface area contributed by atoms with Crippen molar-refractivity contribution < 1.29 is 0 Å². The van der Waals surface area contributed by atoms with E-state index in [0.717, 1.165) is 52.6 Å². The summed E-state index contributed by atoms with van der Waals surface area (Å²) >= 11 is 1.74. The van der Waals surface area contributed by atoms with E-state index in [2.05, 4.69) is 57.2 Å². The number of rotatable bonds is 9. The lowest BCUT2D eigenvalue weighted by Gasteiger charge is -2.36. The van der Waals surface area contributed by atoms with Gasteiger partial charge in [0.25, 0.3) is 5.56 Å². The second kappa shape index (κ2) is 10.1. The predicted molar refractivity (Wildman–Crippen MR) is 136 cm³/mol. The van der Waals surface area contributed by atoms with Gasteiger partial charge in [0.1, 0.15) is 0 Å². The van der Waals surface area contributed by atoms with Crippen LogP contribution in [0.15, 0.2) is 64.5 Å². The van der Waals surface area contributed by atoms with E-state index in [0.29, 0.717) is 6.54 Å². The van der Waals surface area contributed by atoms with Crippen LogP contribution in [0.4, 0.5) is 0 Å². The Morgan fingerprint density at radius 2 is 1.75 bits per heavy atom. The number of nitrogens with zero attached hydrogens (tertiary/aromatic N) is 2. The first-order valence-electron chi connectivity index (χ1n) is 12.0. The van der Waals surface area contributed by atoms with Gasteiger partial charge in [-0.25, -0.2) is 4.98 Å². The van der Waals surface area contributed by atoms with Crippen molar-refractivity contribution in [3.63, 3.8) is 0 Å². The van der Waals surface area contributed by atoms with Gasteiger partial charge in [-0.15, -0.1) is 0 Å². The second-order valence-corrected chi connectivity index (χ2v) is 10.2. The van der Waals surface area contributed by atoms with E-state index in [-0.39, 0.29) is 11.0 Å². The van der Waals surface area contributed by atoms with E-state index in [9.17, 15) is 4.79 Å². The van der Waals surface area contributed by atoms with Crippen molar-refractivity contribution in [1.82, 2.24) is 9.55 Å². The highest BCUT2D eigenvalue weighted by atomic mass is 32.2. The summed E-state index contributed by atoms with van der Waals surface area (Å²) in [7, 11) is 0. The molecule has 0 saturated carbocycles. The molecule has 168 valence electrons. The zero-order valence-corrected chi connectivity index (χ0v) is 20.4. The minimum absolute atomic E-state index is 0.133. The van der Waals surface area contributed by atoms with E-state index in [1.54, 1.807) is 11.8 Å². The molecule has 1 heterocycles. The van der Waals surface area contributed by atoms with Crippen LogP contribution in [0.2, 0.25) is 0 Å². The lowest BCUT2D eigenvalue weighted by atomic mass is 9.69. The number of unbranched alkanes of at least 4 members (excludes halogenated alkanes) is 3. The average molecular weight is 447 g/mol. The van der Waals surface area contributed by atoms with Crippen LogP contribution in [0.1, 0.15) is 69.6 Å². The topological polar surface area (TPSA) is 34.9 Å². The standard InChI is InChI=1S/C28H34N2OS/c1-4-6-7-13-18-32-27-29-25-23-17-12-11-16-22(23)19-28(3,5-2)24(25)26(31)30(27)20-21-14-9-8-10-15-21/h8-12,14-17H,4-7,13,18-20H2,1-3H3/t28-/m1/s1. The van der Waals surface area contributed by atoms with Gasteiger partial charge >= 0.3 is 0 Å². The first-order valence-corrected chi connectivity index (χ1v) is 13.0. The van der Waals surface area contributed by atoms with Crippen molar-refractivity contribution in [3.8, 4) is 11.3 Å². The molecule has 0 N–H and O–H groups in total. The summed E-state index contributed by atoms with van der Waals surface area (Å²) in [6.45, 7) is 7.22. The average Bonchev–Trinajstić information content (AvgIpc) is 2.81. The molecule has 1 atom stereocenters. The van der Waals surface area contributed by atoms with Crippen LogP contribution >= 0.6 is 11.8 Å². The van der Waals surface area contributed by atoms with Gasteiger partial charge in [-0.2, -0.15) is 0 Å². The lowest BCUT2D eigenvalue weighted by Crippen LogP contribution is -2.40. The van der Waals surface area contributed by atoms with Crippen molar-refractivity contribution in [2.45, 2.75) is 76.4 Å². The Labute approximate surface area is 196 Å². The highest BCUT2D eigenvalue weighted by molar-refractivity contribution is 7.99. The molecular weight excluding hydrogens is 412 g/mol. The van der Waals surface area contributed by atoms with Crippen LogP contribution in [0.5, 0.6) is 0 Å². The van der Waals surface area contributed by atoms with Crippen LogP contribution in [0.25, 0.3) is 11.3 Å². The third-order valence-electron chi connectivity index (χ3n) is 6.78. The number of fused-ring (bicyclic) bond motifs is 3. The highest BCUT2D eigenvalue weighted by Gasteiger charge is 2.38. The number of benzene rings is 2. The second-order valence-electron chi connectivity index (χ2n) is 9.15. The molecule has 0 aliphatic heterocycles. The Bertz CT molecular complexity index is 1120. The molecule has 0 unspecified atom stereocenters. The first kappa shape index (κ1) is 22.8. The third kappa shape index (κ3) is 4.56.